The van der Waals surface area contributed by atoms with Gasteiger partial charge < -0.3 is 4.74 Å². The number of rotatable bonds is 6. The van der Waals surface area contributed by atoms with Crippen LogP contribution in [0.25, 0.3) is 11.4 Å². The average Bonchev–Trinajstić information content (AvgIpc) is 3.10. The van der Waals surface area contributed by atoms with Gasteiger partial charge in [-0.05, 0) is 42.0 Å². The Hall–Kier alpha value is -3.72. The Morgan fingerprint density at radius 2 is 1.50 bits per heavy atom. The second kappa shape index (κ2) is 8.80. The highest BCUT2D eigenvalue weighted by Crippen LogP contribution is 2.29. The molecule has 0 aliphatic rings. The Morgan fingerprint density at radius 1 is 0.844 bits per heavy atom. The van der Waals surface area contributed by atoms with E-state index in [1.807, 2.05) is 30.3 Å². The molecule has 0 bridgehead atoms. The summed E-state index contributed by atoms with van der Waals surface area (Å²) in [5.74, 6) is -0.540. The molecule has 164 valence electrons. The summed E-state index contributed by atoms with van der Waals surface area (Å²) in [6.45, 7) is 0.117. The van der Waals surface area contributed by atoms with Crippen molar-refractivity contribution in [2.45, 2.75) is 19.4 Å². The molecule has 9 heteroatoms. The molecule has 1 aromatic heterocycles. The van der Waals surface area contributed by atoms with Crippen LogP contribution in [0.15, 0.2) is 83.7 Å². The van der Waals surface area contributed by atoms with Gasteiger partial charge in [0.15, 0.2) is 5.82 Å². The molecule has 0 amide bonds. The Bertz CT molecular complexity index is 1260. The maximum atomic E-state index is 14.5. The first kappa shape index (κ1) is 21.5. The second-order valence-electron chi connectivity index (χ2n) is 6.92. The largest absolute Gasteiger partial charge is 0.416 e. The third-order valence-corrected chi connectivity index (χ3v) is 4.72. The molecule has 3 aromatic carbocycles. The van der Waals surface area contributed by atoms with Crippen molar-refractivity contribution in [1.82, 2.24) is 14.3 Å². The van der Waals surface area contributed by atoms with E-state index < -0.39 is 23.2 Å². The van der Waals surface area contributed by atoms with Crippen molar-refractivity contribution in [2.24, 2.45) is 0 Å². The predicted molar refractivity (Wildman–Crippen MR) is 109 cm³/mol. The summed E-state index contributed by atoms with van der Waals surface area (Å²) < 4.78 is 60.7. The number of para-hydroxylation sites is 1. The summed E-state index contributed by atoms with van der Waals surface area (Å²) in [6, 6.07) is 19.0. The molecule has 0 aliphatic heterocycles. The maximum absolute atomic E-state index is 14.5. The van der Waals surface area contributed by atoms with E-state index in [1.54, 1.807) is 6.07 Å². The summed E-state index contributed by atoms with van der Waals surface area (Å²) in [4.78, 5) is 13.1. The van der Waals surface area contributed by atoms with Crippen LogP contribution in [0.3, 0.4) is 0 Å². The summed E-state index contributed by atoms with van der Waals surface area (Å²) in [5, 5.41) is 4.21. The van der Waals surface area contributed by atoms with Gasteiger partial charge in [0.1, 0.15) is 12.4 Å². The molecule has 0 fully saturated rings. The first-order valence-corrected chi connectivity index (χ1v) is 9.60. The van der Waals surface area contributed by atoms with Crippen LogP contribution in [0.4, 0.5) is 17.6 Å². The molecule has 0 unspecified atom stereocenters. The first-order chi connectivity index (χ1) is 15.3. The van der Waals surface area contributed by atoms with Crippen LogP contribution >= 0.6 is 0 Å². The monoisotopic (exact) mass is 443 g/mol. The molecule has 0 atom stereocenters. The maximum Gasteiger partial charge on any atom is 0.416 e. The molecular weight excluding hydrogens is 426 g/mol. The lowest BCUT2D eigenvalue weighted by molar-refractivity contribution is -0.137. The molecule has 0 saturated heterocycles. The van der Waals surface area contributed by atoms with Crippen molar-refractivity contribution >= 4 is 0 Å². The van der Waals surface area contributed by atoms with Crippen molar-refractivity contribution in [3.63, 3.8) is 0 Å². The van der Waals surface area contributed by atoms with Gasteiger partial charge in [-0.1, -0.05) is 42.5 Å². The fraction of sp³-hybridized carbons (Fsp3) is 0.130. The lowest BCUT2D eigenvalue weighted by Crippen LogP contribution is -2.24. The second-order valence-corrected chi connectivity index (χ2v) is 6.92. The van der Waals surface area contributed by atoms with E-state index >= 15 is 0 Å². The number of nitrogens with zero attached hydrogens (tertiary/aromatic N) is 3. The van der Waals surface area contributed by atoms with E-state index in [0.29, 0.717) is 0 Å². The lowest BCUT2D eigenvalue weighted by Gasteiger charge is -2.07. The molecule has 5 nitrogen and oxygen atoms in total. The van der Waals surface area contributed by atoms with Gasteiger partial charge in [-0.15, -0.1) is 5.10 Å². The quantitative estimate of drug-likeness (QED) is 0.399. The highest BCUT2D eigenvalue weighted by atomic mass is 19.4. The van der Waals surface area contributed by atoms with E-state index in [4.69, 9.17) is 4.74 Å². The summed E-state index contributed by atoms with van der Waals surface area (Å²) >= 11 is 0. The van der Waals surface area contributed by atoms with Gasteiger partial charge >= 0.3 is 11.9 Å². The minimum Gasteiger partial charge on any atom is -0.369 e. The molecule has 0 N–H and O–H groups in total. The molecular formula is C23H17F4N3O2. The van der Waals surface area contributed by atoms with E-state index in [1.165, 1.54) is 18.2 Å². The van der Waals surface area contributed by atoms with Gasteiger partial charge in [-0.3, -0.25) is 0 Å². The van der Waals surface area contributed by atoms with E-state index in [-0.39, 0.29) is 30.4 Å². The van der Waals surface area contributed by atoms with Crippen molar-refractivity contribution in [3.05, 3.63) is 112 Å². The number of ether oxygens (including phenoxy) is 1. The standard InChI is InChI=1S/C23H17F4N3O2/c24-19-8-4-5-9-20(19)29-21(15-32-14-16-6-2-1-3-7-16)28-30(22(29)31)18-12-10-17(11-13-18)23(25,26)27/h1-13H,14-15H2. The number of alkyl halides is 3. The number of hydrogen-bond acceptors (Lipinski definition) is 3. The molecule has 0 radical (unpaired) electrons. The molecule has 0 saturated carbocycles. The Labute approximate surface area is 180 Å². The third kappa shape index (κ3) is 4.47. The number of aromatic nitrogens is 3. The SMILES string of the molecule is O=c1n(-c2ccc(C(F)(F)F)cc2)nc(COCc2ccccc2)n1-c1ccccc1F. The summed E-state index contributed by atoms with van der Waals surface area (Å²) in [6.07, 6.45) is -4.51. The van der Waals surface area contributed by atoms with Gasteiger partial charge in [0.05, 0.1) is 23.5 Å². The Kier molecular flexibility index (Phi) is 5.91. The summed E-state index contributed by atoms with van der Waals surface area (Å²) in [7, 11) is 0. The minimum atomic E-state index is -4.51. The molecule has 32 heavy (non-hydrogen) atoms. The normalized spacial score (nSPS) is 11.6. The van der Waals surface area contributed by atoms with Gasteiger partial charge in [0, 0.05) is 0 Å². The van der Waals surface area contributed by atoms with Crippen LogP contribution in [0.2, 0.25) is 0 Å². The zero-order chi connectivity index (χ0) is 22.7. The fourth-order valence-corrected chi connectivity index (χ4v) is 3.17. The fourth-order valence-electron chi connectivity index (χ4n) is 3.17. The lowest BCUT2D eigenvalue weighted by atomic mass is 10.2. The van der Waals surface area contributed by atoms with Gasteiger partial charge in [0.2, 0.25) is 0 Å². The van der Waals surface area contributed by atoms with Crippen LogP contribution in [0, 0.1) is 5.82 Å². The van der Waals surface area contributed by atoms with Gasteiger partial charge in [0.25, 0.3) is 0 Å². The Balaban J connectivity index is 1.71. The topological polar surface area (TPSA) is 49.1 Å². The first-order valence-electron chi connectivity index (χ1n) is 9.60. The zero-order valence-electron chi connectivity index (χ0n) is 16.6. The van der Waals surface area contributed by atoms with Crippen LogP contribution in [0.1, 0.15) is 17.0 Å². The number of halogens is 4. The highest BCUT2D eigenvalue weighted by Gasteiger charge is 2.30. The highest BCUT2D eigenvalue weighted by molar-refractivity contribution is 5.38. The van der Waals surface area contributed by atoms with Crippen LogP contribution in [-0.2, 0) is 24.1 Å². The average molecular weight is 443 g/mol. The number of hydrogen-bond donors (Lipinski definition) is 0. The van der Waals surface area contributed by atoms with Gasteiger partial charge in [-0.25, -0.2) is 13.8 Å². The smallest absolute Gasteiger partial charge is 0.369 e. The van der Waals surface area contributed by atoms with Crippen molar-refractivity contribution in [3.8, 4) is 11.4 Å². The zero-order valence-corrected chi connectivity index (χ0v) is 16.6. The van der Waals surface area contributed by atoms with Crippen LogP contribution in [0.5, 0.6) is 0 Å². The van der Waals surface area contributed by atoms with Crippen LogP contribution in [-0.4, -0.2) is 14.3 Å². The molecule has 1 heterocycles. The molecule has 0 spiro atoms. The van der Waals surface area contributed by atoms with Crippen molar-refractivity contribution in [2.75, 3.05) is 0 Å². The Morgan fingerprint density at radius 3 is 2.16 bits per heavy atom. The molecule has 4 rings (SSSR count). The van der Waals surface area contributed by atoms with Crippen LogP contribution < -0.4 is 5.69 Å². The van der Waals surface area contributed by atoms with E-state index in [2.05, 4.69) is 5.10 Å². The predicted octanol–water partition coefficient (Wildman–Crippen LogP) is 4.90. The number of benzene rings is 3. The molecule has 4 aromatic rings. The summed E-state index contributed by atoms with van der Waals surface area (Å²) in [5.41, 5.74) is -0.603. The van der Waals surface area contributed by atoms with Crippen molar-refractivity contribution < 1.29 is 22.3 Å². The van der Waals surface area contributed by atoms with E-state index in [9.17, 15) is 22.4 Å². The molecule has 0 aliphatic carbocycles. The third-order valence-electron chi connectivity index (χ3n) is 4.72. The van der Waals surface area contributed by atoms with E-state index in [0.717, 1.165) is 39.1 Å². The van der Waals surface area contributed by atoms with Gasteiger partial charge in [-0.2, -0.15) is 17.9 Å². The minimum absolute atomic E-state index is 0.0334. The van der Waals surface area contributed by atoms with Crippen molar-refractivity contribution in [1.29, 1.82) is 0 Å².